The number of hydrogen-bond donors (Lipinski definition) is 3. The van der Waals surface area contributed by atoms with E-state index in [0.717, 1.165) is 40.3 Å². The van der Waals surface area contributed by atoms with E-state index in [1.54, 1.807) is 30.8 Å². The van der Waals surface area contributed by atoms with E-state index in [0.29, 0.717) is 24.7 Å². The number of aliphatic carboxylic acids is 2. The molecule has 13 heteroatoms. The average molecular weight is 746 g/mol. The summed E-state index contributed by atoms with van der Waals surface area (Å²) in [6, 6.07) is 5.50. The van der Waals surface area contributed by atoms with Gasteiger partial charge in [-0.2, -0.15) is 5.26 Å². The fraction of sp³-hybridized carbons (Fsp3) is 0.610. The highest BCUT2D eigenvalue weighted by Crippen LogP contribution is 2.35. The first-order valence-corrected chi connectivity index (χ1v) is 19.3. The topological polar surface area (TPSA) is 200 Å². The van der Waals surface area contributed by atoms with Gasteiger partial charge in [-0.3, -0.25) is 29.3 Å². The van der Waals surface area contributed by atoms with Crippen LogP contribution < -0.4 is 5.32 Å². The van der Waals surface area contributed by atoms with Crippen LogP contribution in [-0.4, -0.2) is 72.9 Å². The van der Waals surface area contributed by atoms with Gasteiger partial charge in [0.1, 0.15) is 18.2 Å². The molecular weight excluding hydrogens is 690 g/mol. The quantitative estimate of drug-likeness (QED) is 0.192. The number of carbonyl (C=O) groups is 5. The van der Waals surface area contributed by atoms with Gasteiger partial charge in [-0.25, -0.2) is 9.59 Å². The van der Waals surface area contributed by atoms with Crippen LogP contribution in [0.3, 0.4) is 0 Å². The highest BCUT2D eigenvalue weighted by atomic mass is 16.5. The molecule has 4 fully saturated rings. The summed E-state index contributed by atoms with van der Waals surface area (Å²) >= 11 is 0. The third-order valence-electron chi connectivity index (χ3n) is 11.4. The predicted octanol–water partition coefficient (Wildman–Crippen LogP) is 5.56. The lowest BCUT2D eigenvalue weighted by atomic mass is 9.78. The van der Waals surface area contributed by atoms with Gasteiger partial charge in [-0.1, -0.05) is 58.3 Å². The number of hydrogen-bond acceptors (Lipinski definition) is 9. The molecule has 292 valence electrons. The first kappa shape index (κ1) is 41.9. The lowest BCUT2D eigenvalue weighted by Crippen LogP contribution is -2.67. The minimum Gasteiger partial charge on any atom is -0.480 e. The van der Waals surface area contributed by atoms with E-state index >= 15 is 0 Å². The van der Waals surface area contributed by atoms with Gasteiger partial charge in [-0.15, -0.1) is 0 Å². The van der Waals surface area contributed by atoms with Crippen LogP contribution in [-0.2, 0) is 41.6 Å². The summed E-state index contributed by atoms with van der Waals surface area (Å²) in [5, 5.41) is 29.1. The lowest BCUT2D eigenvalue weighted by Gasteiger charge is -2.43. The van der Waals surface area contributed by atoms with Gasteiger partial charge in [0.25, 0.3) is 6.26 Å². The number of β-lactam (4-membered cyclic amide) rings is 2. The van der Waals surface area contributed by atoms with Crippen molar-refractivity contribution in [2.24, 2.45) is 29.6 Å². The zero-order chi connectivity index (χ0) is 39.4. The maximum absolute atomic E-state index is 12.7. The number of nitriles is 1. The summed E-state index contributed by atoms with van der Waals surface area (Å²) in [5.41, 5.74) is 3.50. The van der Waals surface area contributed by atoms with Crippen LogP contribution in [0.4, 0.5) is 0 Å². The Kier molecular flexibility index (Phi) is 15.5. The van der Waals surface area contributed by atoms with Crippen molar-refractivity contribution in [3.05, 3.63) is 59.2 Å². The monoisotopic (exact) mass is 745 g/mol. The summed E-state index contributed by atoms with van der Waals surface area (Å²) < 4.78 is 4.89. The van der Waals surface area contributed by atoms with Crippen LogP contribution in [0, 0.1) is 55.0 Å². The van der Waals surface area contributed by atoms with E-state index in [-0.39, 0.29) is 36.2 Å². The van der Waals surface area contributed by atoms with Gasteiger partial charge in [0.15, 0.2) is 0 Å². The number of likely N-dealkylation sites (tertiary alicyclic amines) is 1. The Labute approximate surface area is 317 Å². The Morgan fingerprint density at radius 1 is 0.852 bits per heavy atom. The number of imide groups is 1. The zero-order valence-corrected chi connectivity index (χ0v) is 31.9. The number of rotatable bonds is 11. The number of nitrogens with zero attached hydrogens (tertiary/aromatic N) is 4. The Hall–Kier alpha value is -4.86. The molecule has 2 saturated carbocycles. The molecule has 3 amide bonds. The second kappa shape index (κ2) is 20.0. The normalized spacial score (nSPS) is 23.6. The molecule has 2 aliphatic heterocycles. The number of aromatic nitrogens is 2. The van der Waals surface area contributed by atoms with Gasteiger partial charge in [0, 0.05) is 30.2 Å². The van der Waals surface area contributed by atoms with Crippen molar-refractivity contribution in [3.8, 4) is 6.26 Å². The van der Waals surface area contributed by atoms with Crippen LogP contribution >= 0.6 is 0 Å². The highest BCUT2D eigenvalue weighted by molar-refractivity contribution is 6.08. The molecule has 0 aromatic carbocycles. The fourth-order valence-electron chi connectivity index (χ4n) is 8.17. The minimum absolute atomic E-state index is 0.139. The van der Waals surface area contributed by atoms with Crippen molar-refractivity contribution in [1.82, 2.24) is 20.2 Å². The molecule has 4 heterocycles. The lowest BCUT2D eigenvalue weighted by molar-refractivity contribution is -0.177. The Morgan fingerprint density at radius 2 is 1.37 bits per heavy atom. The molecule has 2 aliphatic carbocycles. The Bertz CT molecular complexity index is 1660. The molecule has 0 unspecified atom stereocenters. The Balaban J connectivity index is 0.000000203. The third-order valence-corrected chi connectivity index (χ3v) is 11.4. The van der Waals surface area contributed by atoms with Gasteiger partial charge in [0.2, 0.25) is 17.7 Å². The fourth-order valence-corrected chi connectivity index (χ4v) is 8.17. The van der Waals surface area contributed by atoms with Crippen LogP contribution in [0.25, 0.3) is 0 Å². The van der Waals surface area contributed by atoms with Crippen LogP contribution in [0.1, 0.15) is 107 Å². The van der Waals surface area contributed by atoms with Gasteiger partial charge < -0.3 is 20.3 Å². The maximum atomic E-state index is 12.7. The first-order chi connectivity index (χ1) is 25.8. The van der Waals surface area contributed by atoms with E-state index < -0.39 is 35.9 Å². The molecule has 0 radical (unpaired) electrons. The smallest absolute Gasteiger partial charge is 0.327 e. The summed E-state index contributed by atoms with van der Waals surface area (Å²) in [6.07, 6.45) is 18.6. The molecule has 2 aromatic heterocycles. The number of ether oxygens (including phenoxy) is 1. The molecular formula is C41H55N5O8. The van der Waals surface area contributed by atoms with Crippen molar-refractivity contribution >= 4 is 29.7 Å². The highest BCUT2D eigenvalue weighted by Gasteiger charge is 2.54. The molecule has 3 N–H and O–H groups in total. The maximum Gasteiger partial charge on any atom is 0.327 e. The van der Waals surface area contributed by atoms with E-state index in [9.17, 15) is 29.1 Å². The van der Waals surface area contributed by atoms with Crippen molar-refractivity contribution in [2.75, 3.05) is 0 Å². The molecule has 2 aromatic rings. The Morgan fingerprint density at radius 3 is 1.83 bits per heavy atom. The second-order valence-corrected chi connectivity index (χ2v) is 15.3. The van der Waals surface area contributed by atoms with Crippen molar-refractivity contribution < 1.29 is 38.9 Å². The molecule has 0 spiro atoms. The molecule has 0 bridgehead atoms. The number of pyridine rings is 2. The third kappa shape index (κ3) is 11.3. The summed E-state index contributed by atoms with van der Waals surface area (Å²) in [7, 11) is 0. The number of aryl methyl sites for hydroxylation is 2. The van der Waals surface area contributed by atoms with Crippen molar-refractivity contribution in [2.45, 2.75) is 129 Å². The van der Waals surface area contributed by atoms with Crippen molar-refractivity contribution in [1.29, 1.82) is 5.26 Å². The molecule has 6 rings (SSSR count). The van der Waals surface area contributed by atoms with E-state index in [4.69, 9.17) is 15.1 Å². The second-order valence-electron chi connectivity index (χ2n) is 15.3. The number of nitrogens with one attached hydrogen (secondary N) is 1. The van der Waals surface area contributed by atoms with Gasteiger partial charge in [0.05, 0.1) is 11.8 Å². The number of carboxylic acids is 2. The van der Waals surface area contributed by atoms with Crippen LogP contribution in [0.5, 0.6) is 0 Å². The molecule has 2 saturated heterocycles. The van der Waals surface area contributed by atoms with E-state index in [2.05, 4.69) is 15.3 Å². The summed E-state index contributed by atoms with van der Waals surface area (Å²) in [4.78, 5) is 68.2. The molecule has 54 heavy (non-hydrogen) atoms. The standard InChI is InChI=1S/C21H28N2O4.C11H12N2O3.C9H15NO/c1-13(16-6-4-3-5-7-16)10-18(24)23-19(21(26)27)17(20(23)25)12-15-8-9-22-14(2)11-15;1-6-4-7(2-3-12-6)5-8-9(11(15)16)13-10(8)14;1-8(11-7-10)9-5-3-2-4-6-9/h8-9,11,13,16-17,19H,3-7,10,12H2,1-2H3,(H,26,27);2-4,8-9H,5H2,1H3,(H,13,14)(H,15,16);8-9H,2-6H2,1H3/t13-,17+,19-;8-,9+;8-/m011/s1. The zero-order valence-electron chi connectivity index (χ0n) is 31.9. The van der Waals surface area contributed by atoms with Gasteiger partial charge >= 0.3 is 11.9 Å². The molecule has 6 atom stereocenters. The summed E-state index contributed by atoms with van der Waals surface area (Å²) in [6.45, 7) is 7.76. The first-order valence-electron chi connectivity index (χ1n) is 19.3. The van der Waals surface area contributed by atoms with Crippen LogP contribution in [0.2, 0.25) is 0 Å². The number of carbonyl (C=O) groups excluding carboxylic acids is 3. The van der Waals surface area contributed by atoms with Crippen molar-refractivity contribution in [3.63, 3.8) is 0 Å². The molecule has 4 aliphatic rings. The predicted molar refractivity (Wildman–Crippen MR) is 198 cm³/mol. The average Bonchev–Trinajstić information content (AvgIpc) is 3.15. The SMILES string of the molecule is C[C@@H](OC#N)C1CCCCC1.Cc1cc(C[C@H]2C(=O)N(C(=O)C[C@H](C)C3CCCCC3)[C@@H]2C(=O)O)ccn1.Cc1cc(C[C@H]2C(=O)N[C@@H]2C(=O)O)ccn1. The minimum atomic E-state index is -1.11. The number of carboxylic acid groups (broad SMARTS) is 2. The molecule has 13 nitrogen and oxygen atoms in total. The summed E-state index contributed by atoms with van der Waals surface area (Å²) in [5.74, 6) is -2.81. The number of amides is 3. The van der Waals surface area contributed by atoms with Gasteiger partial charge in [-0.05, 0) is 99.6 Å². The van der Waals surface area contributed by atoms with E-state index in [1.807, 2.05) is 39.8 Å². The van der Waals surface area contributed by atoms with E-state index in [1.165, 1.54) is 51.4 Å². The van der Waals surface area contributed by atoms with Crippen LogP contribution in [0.15, 0.2) is 36.7 Å². The largest absolute Gasteiger partial charge is 0.480 e.